The molecule has 0 saturated carbocycles. The lowest BCUT2D eigenvalue weighted by atomic mass is 10.1. The van der Waals surface area contributed by atoms with Crippen LogP contribution in [0.4, 0.5) is 10.3 Å². The number of rotatable bonds is 8. The number of hydrogen-bond donors (Lipinski definition) is 1. The zero-order valence-corrected chi connectivity index (χ0v) is 19.0. The van der Waals surface area contributed by atoms with Crippen molar-refractivity contribution < 1.29 is 12.8 Å². The first-order valence-electron chi connectivity index (χ1n) is 10.1. The molecule has 1 aliphatic heterocycles. The van der Waals surface area contributed by atoms with Crippen LogP contribution in [0.1, 0.15) is 45.0 Å². The molecule has 30 heavy (non-hydrogen) atoms. The maximum Gasteiger partial charge on any atom is 0.223 e. The Balaban J connectivity index is 1.70. The van der Waals surface area contributed by atoms with Gasteiger partial charge < -0.3 is 9.88 Å². The van der Waals surface area contributed by atoms with Crippen LogP contribution in [0.2, 0.25) is 0 Å². The summed E-state index contributed by atoms with van der Waals surface area (Å²) in [6.45, 7) is 6.73. The van der Waals surface area contributed by atoms with Gasteiger partial charge in [0.25, 0.3) is 0 Å². The highest BCUT2D eigenvalue weighted by Crippen LogP contribution is 2.26. The van der Waals surface area contributed by atoms with Crippen LogP contribution in [-0.2, 0) is 10.0 Å². The van der Waals surface area contributed by atoms with Gasteiger partial charge in [-0.1, -0.05) is 0 Å². The first kappa shape index (κ1) is 22.9. The number of halogens is 2. The van der Waals surface area contributed by atoms with Crippen molar-refractivity contribution in [2.75, 3.05) is 30.0 Å². The predicted octanol–water partition coefficient (Wildman–Crippen LogP) is 3.20. The second-order valence-corrected chi connectivity index (χ2v) is 10.2. The quantitative estimate of drug-likeness (QED) is 0.610. The molecular formula is C19H28ClFN6O2S. The van der Waals surface area contributed by atoms with Gasteiger partial charge in [-0.3, -0.25) is 0 Å². The molecule has 0 spiro atoms. The van der Waals surface area contributed by atoms with Crippen molar-refractivity contribution >= 4 is 27.6 Å². The van der Waals surface area contributed by atoms with Gasteiger partial charge in [0, 0.05) is 31.1 Å². The molecule has 11 heteroatoms. The SMILES string of the molecule is Cc1ncc(-c2nc(NC3CCN(S(=O)(=O)CCCCl)CC3)ncc2F)n1C(C)C. The summed E-state index contributed by atoms with van der Waals surface area (Å²) in [5, 5.41) is 3.23. The number of hydrogen-bond acceptors (Lipinski definition) is 6. The van der Waals surface area contributed by atoms with Gasteiger partial charge in [-0.05, 0) is 40.0 Å². The monoisotopic (exact) mass is 458 g/mol. The molecular weight excluding hydrogens is 431 g/mol. The van der Waals surface area contributed by atoms with Crippen molar-refractivity contribution in [3.8, 4) is 11.4 Å². The van der Waals surface area contributed by atoms with Gasteiger partial charge in [-0.2, -0.15) is 0 Å². The smallest absolute Gasteiger partial charge is 0.223 e. The first-order chi connectivity index (χ1) is 14.2. The third-order valence-electron chi connectivity index (χ3n) is 5.20. The number of aromatic nitrogens is 4. The standard InChI is InChI=1S/C19H28ClFN6O2S/c1-13(2)27-14(3)22-12-17(27)18-16(21)11-23-19(25-18)24-15-5-8-26(9-6-15)30(28,29)10-4-7-20/h11-13,15H,4-10H2,1-3H3,(H,23,24,25). The summed E-state index contributed by atoms with van der Waals surface area (Å²) in [4.78, 5) is 12.8. The first-order valence-corrected chi connectivity index (χ1v) is 12.2. The molecule has 0 radical (unpaired) electrons. The number of alkyl halides is 1. The van der Waals surface area contributed by atoms with Crippen LogP contribution in [0, 0.1) is 12.7 Å². The summed E-state index contributed by atoms with van der Waals surface area (Å²) >= 11 is 5.62. The summed E-state index contributed by atoms with van der Waals surface area (Å²) in [6.07, 6.45) is 4.47. The highest BCUT2D eigenvalue weighted by molar-refractivity contribution is 7.89. The fraction of sp³-hybridized carbons (Fsp3) is 0.632. The molecule has 1 aliphatic rings. The molecule has 0 bridgehead atoms. The summed E-state index contributed by atoms with van der Waals surface area (Å²) in [5.41, 5.74) is 0.800. The minimum absolute atomic E-state index is 0.0135. The molecule has 0 aromatic carbocycles. The van der Waals surface area contributed by atoms with Crippen molar-refractivity contribution in [1.82, 2.24) is 23.8 Å². The van der Waals surface area contributed by atoms with E-state index in [0.717, 1.165) is 12.0 Å². The fourth-order valence-corrected chi connectivity index (χ4v) is 5.55. The summed E-state index contributed by atoms with van der Waals surface area (Å²) < 4.78 is 42.6. The number of nitrogens with one attached hydrogen (secondary N) is 1. The molecule has 1 N–H and O–H groups in total. The van der Waals surface area contributed by atoms with Crippen LogP contribution in [0.25, 0.3) is 11.4 Å². The third kappa shape index (κ3) is 5.09. The van der Waals surface area contributed by atoms with Gasteiger partial charge in [0.05, 0.1) is 23.8 Å². The van der Waals surface area contributed by atoms with E-state index in [2.05, 4.69) is 20.3 Å². The Hall–Kier alpha value is -1.78. The van der Waals surface area contributed by atoms with Crippen LogP contribution in [0.15, 0.2) is 12.4 Å². The lowest BCUT2D eigenvalue weighted by Gasteiger charge is -2.31. The lowest BCUT2D eigenvalue weighted by Crippen LogP contribution is -2.43. The molecule has 0 aliphatic carbocycles. The van der Waals surface area contributed by atoms with Gasteiger partial charge in [-0.15, -0.1) is 11.6 Å². The van der Waals surface area contributed by atoms with Crippen LogP contribution in [0.5, 0.6) is 0 Å². The number of sulfonamides is 1. The average molecular weight is 459 g/mol. The van der Waals surface area contributed by atoms with E-state index in [9.17, 15) is 12.8 Å². The van der Waals surface area contributed by atoms with E-state index >= 15 is 0 Å². The summed E-state index contributed by atoms with van der Waals surface area (Å²) in [6, 6.07) is 0.123. The van der Waals surface area contributed by atoms with E-state index in [4.69, 9.17) is 11.6 Å². The highest BCUT2D eigenvalue weighted by atomic mass is 35.5. The molecule has 1 fully saturated rings. The Bertz CT molecular complexity index is 973. The van der Waals surface area contributed by atoms with Gasteiger partial charge in [0.15, 0.2) is 5.82 Å². The minimum Gasteiger partial charge on any atom is -0.351 e. The lowest BCUT2D eigenvalue weighted by molar-refractivity contribution is 0.329. The molecule has 0 unspecified atom stereocenters. The Morgan fingerprint density at radius 1 is 1.27 bits per heavy atom. The normalized spacial score (nSPS) is 16.3. The minimum atomic E-state index is -3.27. The second kappa shape index (κ2) is 9.57. The summed E-state index contributed by atoms with van der Waals surface area (Å²) in [7, 11) is -3.27. The van der Waals surface area contributed by atoms with Gasteiger partial charge in [-0.25, -0.2) is 32.1 Å². The Kier molecular flexibility index (Phi) is 7.30. The van der Waals surface area contributed by atoms with Crippen LogP contribution < -0.4 is 5.32 Å². The molecule has 8 nitrogen and oxygen atoms in total. The predicted molar refractivity (Wildman–Crippen MR) is 116 cm³/mol. The van der Waals surface area contributed by atoms with E-state index in [1.54, 1.807) is 6.20 Å². The molecule has 2 aromatic rings. The zero-order valence-electron chi connectivity index (χ0n) is 17.5. The molecule has 3 heterocycles. The van der Waals surface area contributed by atoms with Crippen molar-refractivity contribution in [2.24, 2.45) is 0 Å². The number of piperidine rings is 1. The maximum atomic E-state index is 14.5. The molecule has 3 rings (SSSR count). The van der Waals surface area contributed by atoms with E-state index in [1.807, 2.05) is 25.3 Å². The Labute approximate surface area is 181 Å². The molecule has 166 valence electrons. The Morgan fingerprint density at radius 3 is 2.60 bits per heavy atom. The van der Waals surface area contributed by atoms with E-state index in [-0.39, 0.29) is 23.5 Å². The van der Waals surface area contributed by atoms with Crippen LogP contribution in [-0.4, -0.2) is 63.0 Å². The number of anilines is 1. The van der Waals surface area contributed by atoms with Crippen molar-refractivity contribution in [2.45, 2.75) is 52.1 Å². The summed E-state index contributed by atoms with van der Waals surface area (Å²) in [5.74, 6) is 1.00. The van der Waals surface area contributed by atoms with E-state index in [0.29, 0.717) is 49.9 Å². The van der Waals surface area contributed by atoms with Crippen LogP contribution in [0.3, 0.4) is 0 Å². The van der Waals surface area contributed by atoms with E-state index in [1.165, 1.54) is 4.31 Å². The zero-order chi connectivity index (χ0) is 21.9. The van der Waals surface area contributed by atoms with Gasteiger partial charge in [0.2, 0.25) is 16.0 Å². The third-order valence-corrected chi connectivity index (χ3v) is 7.43. The van der Waals surface area contributed by atoms with Gasteiger partial charge >= 0.3 is 0 Å². The van der Waals surface area contributed by atoms with E-state index < -0.39 is 15.8 Å². The molecule has 0 atom stereocenters. The second-order valence-electron chi connectivity index (χ2n) is 7.72. The highest BCUT2D eigenvalue weighted by Gasteiger charge is 2.28. The largest absolute Gasteiger partial charge is 0.351 e. The topological polar surface area (TPSA) is 93.0 Å². The molecule has 1 saturated heterocycles. The van der Waals surface area contributed by atoms with Crippen molar-refractivity contribution in [3.05, 3.63) is 24.0 Å². The average Bonchev–Trinajstić information content (AvgIpc) is 3.10. The molecule has 2 aromatic heterocycles. The number of imidazole rings is 1. The van der Waals surface area contributed by atoms with Crippen molar-refractivity contribution in [3.63, 3.8) is 0 Å². The Morgan fingerprint density at radius 2 is 1.97 bits per heavy atom. The fourth-order valence-electron chi connectivity index (χ4n) is 3.72. The number of nitrogens with zero attached hydrogens (tertiary/aromatic N) is 5. The molecule has 0 amide bonds. The van der Waals surface area contributed by atoms with Crippen LogP contribution >= 0.6 is 11.6 Å². The maximum absolute atomic E-state index is 14.5. The number of aryl methyl sites for hydroxylation is 1. The van der Waals surface area contributed by atoms with Gasteiger partial charge in [0.1, 0.15) is 11.5 Å². The van der Waals surface area contributed by atoms with Crippen molar-refractivity contribution in [1.29, 1.82) is 0 Å².